The van der Waals surface area contributed by atoms with E-state index in [2.05, 4.69) is 21.7 Å². The summed E-state index contributed by atoms with van der Waals surface area (Å²) in [5.41, 5.74) is 4.17. The number of benzene rings is 1. The van der Waals surface area contributed by atoms with E-state index in [1.54, 1.807) is 11.3 Å². The van der Waals surface area contributed by atoms with Gasteiger partial charge >= 0.3 is 0 Å². The molecule has 2 rings (SSSR count). The smallest absolute Gasteiger partial charge is 0.0795 e. The molecule has 84 valence electrons. The largest absolute Gasteiger partial charge is 0.311 e. The standard InChI is InChI=1S/C12H13ClN2S/c1-14-11(12-7-16-8-15-12)6-9-3-2-4-10(13)5-9/h2-5,7-8,11,14H,6H2,1H3. The first-order valence-corrected chi connectivity index (χ1v) is 6.41. The van der Waals surface area contributed by atoms with Crippen molar-refractivity contribution < 1.29 is 0 Å². The fourth-order valence-electron chi connectivity index (χ4n) is 1.65. The lowest BCUT2D eigenvalue weighted by Gasteiger charge is -2.13. The zero-order valence-electron chi connectivity index (χ0n) is 8.98. The topological polar surface area (TPSA) is 24.9 Å². The normalized spacial score (nSPS) is 12.6. The molecular weight excluding hydrogens is 240 g/mol. The summed E-state index contributed by atoms with van der Waals surface area (Å²) in [5.74, 6) is 0. The van der Waals surface area contributed by atoms with Gasteiger partial charge in [-0.25, -0.2) is 4.98 Å². The Hall–Kier alpha value is -0.900. The van der Waals surface area contributed by atoms with Crippen LogP contribution in [0.5, 0.6) is 0 Å². The quantitative estimate of drug-likeness (QED) is 0.903. The molecule has 1 unspecified atom stereocenters. The SMILES string of the molecule is CNC(Cc1cccc(Cl)c1)c1cscn1. The molecule has 1 heterocycles. The molecule has 0 amide bonds. The molecule has 1 atom stereocenters. The molecule has 1 N–H and O–H groups in total. The van der Waals surface area contributed by atoms with Crippen LogP contribution in [0.15, 0.2) is 35.2 Å². The van der Waals surface area contributed by atoms with Gasteiger partial charge in [0, 0.05) is 10.4 Å². The number of nitrogens with one attached hydrogen (secondary N) is 1. The number of aromatic nitrogens is 1. The molecular formula is C12H13ClN2S. The maximum absolute atomic E-state index is 5.96. The van der Waals surface area contributed by atoms with Gasteiger partial charge in [-0.3, -0.25) is 0 Å². The number of likely N-dealkylation sites (N-methyl/N-ethyl adjacent to an activating group) is 1. The maximum atomic E-state index is 5.96. The van der Waals surface area contributed by atoms with Crippen molar-refractivity contribution in [3.8, 4) is 0 Å². The summed E-state index contributed by atoms with van der Waals surface area (Å²) in [6.07, 6.45) is 0.904. The monoisotopic (exact) mass is 252 g/mol. The lowest BCUT2D eigenvalue weighted by Crippen LogP contribution is -2.19. The Morgan fingerprint density at radius 2 is 2.38 bits per heavy atom. The molecule has 0 radical (unpaired) electrons. The molecule has 0 saturated heterocycles. The maximum Gasteiger partial charge on any atom is 0.0795 e. The Morgan fingerprint density at radius 3 is 3.00 bits per heavy atom. The lowest BCUT2D eigenvalue weighted by molar-refractivity contribution is 0.579. The van der Waals surface area contributed by atoms with Crippen molar-refractivity contribution in [2.24, 2.45) is 0 Å². The van der Waals surface area contributed by atoms with Crippen molar-refractivity contribution >= 4 is 22.9 Å². The van der Waals surface area contributed by atoms with E-state index in [9.17, 15) is 0 Å². The van der Waals surface area contributed by atoms with Gasteiger partial charge in [0.25, 0.3) is 0 Å². The lowest BCUT2D eigenvalue weighted by atomic mass is 10.0. The van der Waals surface area contributed by atoms with Crippen molar-refractivity contribution in [3.05, 3.63) is 51.4 Å². The van der Waals surface area contributed by atoms with Crippen LogP contribution in [0.25, 0.3) is 0 Å². The Balaban J connectivity index is 2.13. The van der Waals surface area contributed by atoms with E-state index in [0.717, 1.165) is 17.1 Å². The molecule has 0 fully saturated rings. The van der Waals surface area contributed by atoms with Crippen LogP contribution in [-0.4, -0.2) is 12.0 Å². The van der Waals surface area contributed by atoms with Crippen LogP contribution in [0.3, 0.4) is 0 Å². The Kier molecular flexibility index (Phi) is 3.93. The van der Waals surface area contributed by atoms with E-state index in [0.29, 0.717) is 0 Å². The predicted octanol–water partition coefficient (Wildman–Crippen LogP) is 3.30. The van der Waals surface area contributed by atoms with Crippen LogP contribution in [0.2, 0.25) is 5.02 Å². The number of thiazole rings is 1. The molecule has 0 spiro atoms. The highest BCUT2D eigenvalue weighted by atomic mass is 35.5. The third-order valence-electron chi connectivity index (χ3n) is 2.49. The molecule has 0 aliphatic carbocycles. The summed E-state index contributed by atoms with van der Waals surface area (Å²) in [5, 5.41) is 6.13. The second-order valence-corrected chi connectivity index (χ2v) is 4.74. The van der Waals surface area contributed by atoms with E-state index < -0.39 is 0 Å². The first-order chi connectivity index (χ1) is 7.79. The second-order valence-electron chi connectivity index (χ2n) is 3.59. The fraction of sp³-hybridized carbons (Fsp3) is 0.250. The van der Waals surface area contributed by atoms with E-state index in [4.69, 9.17) is 11.6 Å². The second kappa shape index (κ2) is 5.43. The van der Waals surface area contributed by atoms with Crippen molar-refractivity contribution in [3.63, 3.8) is 0 Å². The molecule has 0 aliphatic rings. The molecule has 16 heavy (non-hydrogen) atoms. The van der Waals surface area contributed by atoms with Gasteiger partial charge in [-0.15, -0.1) is 11.3 Å². The van der Waals surface area contributed by atoms with Crippen LogP contribution in [0, 0.1) is 0 Å². The predicted molar refractivity (Wildman–Crippen MR) is 69.1 cm³/mol. The van der Waals surface area contributed by atoms with Crippen molar-refractivity contribution in [1.29, 1.82) is 0 Å². The van der Waals surface area contributed by atoms with Gasteiger partial charge in [-0.1, -0.05) is 23.7 Å². The first kappa shape index (κ1) is 11.6. The highest BCUT2D eigenvalue weighted by Gasteiger charge is 2.11. The van der Waals surface area contributed by atoms with Crippen molar-refractivity contribution in [2.45, 2.75) is 12.5 Å². The Bertz CT molecular complexity index is 442. The van der Waals surface area contributed by atoms with Gasteiger partial charge in [0.05, 0.1) is 17.2 Å². The van der Waals surface area contributed by atoms with Gasteiger partial charge in [-0.05, 0) is 31.2 Å². The van der Waals surface area contributed by atoms with Gasteiger partial charge in [0.15, 0.2) is 0 Å². The third kappa shape index (κ3) is 2.82. The minimum Gasteiger partial charge on any atom is -0.311 e. The summed E-state index contributed by atoms with van der Waals surface area (Å²) in [6, 6.07) is 8.21. The summed E-state index contributed by atoms with van der Waals surface area (Å²) in [4.78, 5) is 4.33. The number of halogens is 1. The van der Waals surface area contributed by atoms with E-state index >= 15 is 0 Å². The minimum absolute atomic E-state index is 0.254. The molecule has 4 heteroatoms. The van der Waals surface area contributed by atoms with Crippen LogP contribution < -0.4 is 5.32 Å². The molecule has 1 aromatic carbocycles. The molecule has 2 nitrogen and oxygen atoms in total. The third-order valence-corrected chi connectivity index (χ3v) is 3.33. The Labute approximate surface area is 104 Å². The first-order valence-electron chi connectivity index (χ1n) is 5.09. The van der Waals surface area contributed by atoms with Crippen LogP contribution >= 0.6 is 22.9 Å². The fourth-order valence-corrected chi connectivity index (χ4v) is 2.47. The zero-order chi connectivity index (χ0) is 11.4. The molecule has 2 aromatic rings. The van der Waals surface area contributed by atoms with Gasteiger partial charge in [0.2, 0.25) is 0 Å². The average Bonchev–Trinajstić information content (AvgIpc) is 2.79. The van der Waals surface area contributed by atoms with E-state index in [1.165, 1.54) is 5.56 Å². The van der Waals surface area contributed by atoms with Gasteiger partial charge in [-0.2, -0.15) is 0 Å². The number of hydrogen-bond acceptors (Lipinski definition) is 3. The Morgan fingerprint density at radius 1 is 1.50 bits per heavy atom. The van der Waals surface area contributed by atoms with Crippen LogP contribution in [0.4, 0.5) is 0 Å². The number of hydrogen-bond donors (Lipinski definition) is 1. The highest BCUT2D eigenvalue weighted by Crippen LogP contribution is 2.19. The summed E-state index contributed by atoms with van der Waals surface area (Å²) < 4.78 is 0. The van der Waals surface area contributed by atoms with Gasteiger partial charge < -0.3 is 5.32 Å². The molecule has 1 aromatic heterocycles. The van der Waals surface area contributed by atoms with E-state index in [1.807, 2.05) is 30.8 Å². The van der Waals surface area contributed by atoms with E-state index in [-0.39, 0.29) is 6.04 Å². The van der Waals surface area contributed by atoms with Crippen LogP contribution in [-0.2, 0) is 6.42 Å². The summed E-state index contributed by atoms with van der Waals surface area (Å²) in [7, 11) is 1.95. The molecule has 0 aliphatic heterocycles. The highest BCUT2D eigenvalue weighted by molar-refractivity contribution is 7.07. The summed E-state index contributed by atoms with van der Waals surface area (Å²) >= 11 is 7.58. The number of nitrogens with zero attached hydrogens (tertiary/aromatic N) is 1. The van der Waals surface area contributed by atoms with Crippen molar-refractivity contribution in [2.75, 3.05) is 7.05 Å². The summed E-state index contributed by atoms with van der Waals surface area (Å²) in [6.45, 7) is 0. The van der Waals surface area contributed by atoms with Crippen molar-refractivity contribution in [1.82, 2.24) is 10.3 Å². The average molecular weight is 253 g/mol. The van der Waals surface area contributed by atoms with Gasteiger partial charge in [0.1, 0.15) is 0 Å². The number of rotatable bonds is 4. The molecule has 0 bridgehead atoms. The van der Waals surface area contributed by atoms with Crippen LogP contribution in [0.1, 0.15) is 17.3 Å². The minimum atomic E-state index is 0.254. The zero-order valence-corrected chi connectivity index (χ0v) is 10.6. The molecule has 0 saturated carbocycles.